The lowest BCUT2D eigenvalue weighted by atomic mass is 10.0. The minimum Gasteiger partial charge on any atom is -0.205 e. The SMILES string of the molecule is N#CCc1cc(F)c(C#N)c(F)c1C#N. The first-order chi connectivity index (χ1) is 7.15. The van der Waals surface area contributed by atoms with Crippen LogP contribution in [0, 0.1) is 45.6 Å². The monoisotopic (exact) mass is 203 g/mol. The van der Waals surface area contributed by atoms with Crippen molar-refractivity contribution < 1.29 is 8.78 Å². The van der Waals surface area contributed by atoms with Gasteiger partial charge in [0.15, 0.2) is 5.82 Å². The molecule has 1 aromatic rings. The first kappa shape index (κ1) is 10.6. The average molecular weight is 203 g/mol. The maximum Gasteiger partial charge on any atom is 0.162 e. The molecule has 0 unspecified atom stereocenters. The highest BCUT2D eigenvalue weighted by Gasteiger charge is 2.17. The smallest absolute Gasteiger partial charge is 0.162 e. The molecule has 0 heterocycles. The van der Waals surface area contributed by atoms with E-state index < -0.39 is 22.8 Å². The Morgan fingerprint density at radius 1 is 1.07 bits per heavy atom. The molecule has 0 saturated heterocycles. The van der Waals surface area contributed by atoms with Gasteiger partial charge in [-0.2, -0.15) is 15.8 Å². The summed E-state index contributed by atoms with van der Waals surface area (Å²) in [5, 5.41) is 25.4. The molecule has 0 saturated carbocycles. The van der Waals surface area contributed by atoms with Gasteiger partial charge in [0.25, 0.3) is 0 Å². The minimum atomic E-state index is -1.20. The molecule has 0 aliphatic rings. The fraction of sp³-hybridized carbons (Fsp3) is 0.100. The third kappa shape index (κ3) is 1.75. The normalized spacial score (nSPS) is 8.73. The van der Waals surface area contributed by atoms with Crippen molar-refractivity contribution in [2.75, 3.05) is 0 Å². The molecule has 0 N–H and O–H groups in total. The molecule has 0 radical (unpaired) electrons. The summed E-state index contributed by atoms with van der Waals surface area (Å²) in [5.74, 6) is -2.26. The zero-order valence-corrected chi connectivity index (χ0v) is 7.38. The van der Waals surface area contributed by atoms with E-state index in [1.807, 2.05) is 0 Å². The molecule has 0 spiro atoms. The van der Waals surface area contributed by atoms with Gasteiger partial charge in [0, 0.05) is 0 Å². The molecular weight excluding hydrogens is 200 g/mol. The fourth-order valence-corrected chi connectivity index (χ4v) is 1.12. The molecule has 3 nitrogen and oxygen atoms in total. The predicted molar refractivity (Wildman–Crippen MR) is 45.1 cm³/mol. The van der Waals surface area contributed by atoms with Gasteiger partial charge < -0.3 is 0 Å². The third-order valence-electron chi connectivity index (χ3n) is 1.79. The molecule has 0 amide bonds. The van der Waals surface area contributed by atoms with Crippen LogP contribution in [0.2, 0.25) is 0 Å². The first-order valence-corrected chi connectivity index (χ1v) is 3.83. The maximum absolute atomic E-state index is 13.3. The number of halogens is 2. The van der Waals surface area contributed by atoms with Crippen molar-refractivity contribution in [1.82, 2.24) is 0 Å². The van der Waals surface area contributed by atoms with E-state index >= 15 is 0 Å². The second-order valence-electron chi connectivity index (χ2n) is 2.64. The van der Waals surface area contributed by atoms with Crippen LogP contribution in [-0.2, 0) is 6.42 Å². The van der Waals surface area contributed by atoms with E-state index in [0.29, 0.717) is 0 Å². The van der Waals surface area contributed by atoms with Crippen LogP contribution in [0.5, 0.6) is 0 Å². The summed E-state index contributed by atoms with van der Waals surface area (Å²) in [4.78, 5) is 0. The van der Waals surface area contributed by atoms with Gasteiger partial charge in [0.2, 0.25) is 0 Å². The van der Waals surface area contributed by atoms with Crippen LogP contribution >= 0.6 is 0 Å². The van der Waals surface area contributed by atoms with Crippen molar-refractivity contribution in [3.05, 3.63) is 34.4 Å². The Bertz CT molecular complexity index is 530. The highest BCUT2D eigenvalue weighted by Crippen LogP contribution is 2.20. The highest BCUT2D eigenvalue weighted by molar-refractivity contribution is 5.48. The molecular formula is C10H3F2N3. The fourth-order valence-electron chi connectivity index (χ4n) is 1.12. The van der Waals surface area contributed by atoms with Crippen molar-refractivity contribution in [3.63, 3.8) is 0 Å². The molecule has 72 valence electrons. The number of benzene rings is 1. The van der Waals surface area contributed by atoms with Gasteiger partial charge >= 0.3 is 0 Å². The number of hydrogen-bond acceptors (Lipinski definition) is 3. The van der Waals surface area contributed by atoms with Crippen LogP contribution in [0.4, 0.5) is 8.78 Å². The van der Waals surface area contributed by atoms with E-state index in [0.717, 1.165) is 6.07 Å². The zero-order chi connectivity index (χ0) is 11.4. The van der Waals surface area contributed by atoms with Gasteiger partial charge in [-0.3, -0.25) is 0 Å². The maximum atomic E-state index is 13.3. The molecule has 1 rings (SSSR count). The highest BCUT2D eigenvalue weighted by atomic mass is 19.1. The van der Waals surface area contributed by atoms with Gasteiger partial charge in [-0.15, -0.1) is 0 Å². The Labute approximate surface area is 84.4 Å². The largest absolute Gasteiger partial charge is 0.205 e. The minimum absolute atomic E-state index is 0.0472. The number of hydrogen-bond donors (Lipinski definition) is 0. The van der Waals surface area contributed by atoms with E-state index in [-0.39, 0.29) is 12.0 Å². The molecule has 0 bridgehead atoms. The number of rotatable bonds is 1. The summed E-state index contributed by atoms with van der Waals surface area (Å²) in [5.41, 5.74) is -1.29. The van der Waals surface area contributed by atoms with Gasteiger partial charge in [-0.1, -0.05) is 0 Å². The van der Waals surface area contributed by atoms with Crippen LogP contribution in [0.15, 0.2) is 6.07 Å². The van der Waals surface area contributed by atoms with Crippen molar-refractivity contribution >= 4 is 0 Å². The van der Waals surface area contributed by atoms with Crippen molar-refractivity contribution in [1.29, 1.82) is 15.8 Å². The van der Waals surface area contributed by atoms with Gasteiger partial charge in [0.1, 0.15) is 23.5 Å². The summed E-state index contributed by atoms with van der Waals surface area (Å²) >= 11 is 0. The average Bonchev–Trinajstić information content (AvgIpc) is 2.19. The first-order valence-electron chi connectivity index (χ1n) is 3.83. The van der Waals surface area contributed by atoms with Crippen molar-refractivity contribution in [2.45, 2.75) is 6.42 Å². The number of nitrogens with zero attached hydrogens (tertiary/aromatic N) is 3. The van der Waals surface area contributed by atoms with Gasteiger partial charge in [-0.05, 0) is 11.6 Å². The van der Waals surface area contributed by atoms with E-state index in [9.17, 15) is 8.78 Å². The molecule has 0 fully saturated rings. The predicted octanol–water partition coefficient (Wildman–Crippen LogP) is 1.77. The van der Waals surface area contributed by atoms with E-state index in [1.54, 1.807) is 6.07 Å². The summed E-state index contributed by atoms with van der Waals surface area (Å²) in [7, 11) is 0. The number of nitriles is 3. The second-order valence-corrected chi connectivity index (χ2v) is 2.64. The Kier molecular flexibility index (Phi) is 2.96. The molecule has 1 aromatic carbocycles. The van der Waals surface area contributed by atoms with Gasteiger partial charge in [-0.25, -0.2) is 8.78 Å². The lowest BCUT2D eigenvalue weighted by Crippen LogP contribution is -2.00. The topological polar surface area (TPSA) is 71.4 Å². The molecule has 15 heavy (non-hydrogen) atoms. The summed E-state index contributed by atoms with van der Waals surface area (Å²) in [6.45, 7) is 0. The van der Waals surface area contributed by atoms with E-state index in [2.05, 4.69) is 0 Å². The molecule has 0 aliphatic carbocycles. The van der Waals surface area contributed by atoms with E-state index in [4.69, 9.17) is 15.8 Å². The van der Waals surface area contributed by atoms with Crippen molar-refractivity contribution in [3.8, 4) is 18.2 Å². The lowest BCUT2D eigenvalue weighted by Gasteiger charge is -2.03. The zero-order valence-electron chi connectivity index (χ0n) is 7.38. The summed E-state index contributed by atoms with van der Waals surface area (Å²) in [6.07, 6.45) is -0.275. The lowest BCUT2D eigenvalue weighted by molar-refractivity contribution is 0.571. The van der Waals surface area contributed by atoms with Crippen LogP contribution in [0.3, 0.4) is 0 Å². The Hall–Kier alpha value is -2.45. The van der Waals surface area contributed by atoms with E-state index in [1.165, 1.54) is 12.1 Å². The molecule has 0 atom stereocenters. The molecule has 0 aromatic heterocycles. The third-order valence-corrected chi connectivity index (χ3v) is 1.79. The van der Waals surface area contributed by atoms with Crippen LogP contribution < -0.4 is 0 Å². The van der Waals surface area contributed by atoms with Crippen LogP contribution in [0.25, 0.3) is 0 Å². The van der Waals surface area contributed by atoms with Crippen LogP contribution in [-0.4, -0.2) is 0 Å². The standard InChI is InChI=1S/C10H3F2N3/c11-9-3-6(1-2-13)7(4-14)10(12)8(9)5-15/h3H,1H2. The second kappa shape index (κ2) is 4.17. The van der Waals surface area contributed by atoms with Gasteiger partial charge in [0.05, 0.1) is 18.1 Å². The quantitative estimate of drug-likeness (QED) is 0.698. The van der Waals surface area contributed by atoms with Crippen LogP contribution in [0.1, 0.15) is 16.7 Å². The Morgan fingerprint density at radius 2 is 1.67 bits per heavy atom. The molecule has 5 heteroatoms. The van der Waals surface area contributed by atoms with Crippen molar-refractivity contribution in [2.24, 2.45) is 0 Å². The summed E-state index contributed by atoms with van der Waals surface area (Å²) < 4.78 is 26.4. The Morgan fingerprint density at radius 3 is 2.13 bits per heavy atom. The molecule has 0 aliphatic heterocycles. The Balaban J connectivity index is 3.57. The summed E-state index contributed by atoms with van der Waals surface area (Å²) in [6, 6.07) is 5.35.